The van der Waals surface area contributed by atoms with Crippen LogP contribution in [0.3, 0.4) is 0 Å². The molecule has 0 N–H and O–H groups in total. The van der Waals surface area contributed by atoms with Crippen LogP contribution in [0, 0.1) is 18.3 Å². The molecule has 166 valence electrons. The first-order valence-electron chi connectivity index (χ1n) is 11.1. The van der Waals surface area contributed by atoms with Crippen LogP contribution in [0.4, 0.5) is 5.69 Å². The molecule has 0 spiro atoms. The van der Waals surface area contributed by atoms with Gasteiger partial charge in [0.25, 0.3) is 5.91 Å². The average molecular weight is 438 g/mol. The predicted molar refractivity (Wildman–Crippen MR) is 131 cm³/mol. The van der Waals surface area contributed by atoms with E-state index in [0.717, 1.165) is 29.9 Å². The lowest BCUT2D eigenvalue weighted by Gasteiger charge is -2.36. The van der Waals surface area contributed by atoms with E-state index < -0.39 is 0 Å². The fourth-order valence-electron chi connectivity index (χ4n) is 3.97. The van der Waals surface area contributed by atoms with Crippen molar-refractivity contribution in [1.29, 1.82) is 5.26 Å². The number of amides is 1. The highest BCUT2D eigenvalue weighted by molar-refractivity contribution is 6.02. The molecule has 0 atom stereocenters. The molecule has 0 radical (unpaired) electrons. The van der Waals surface area contributed by atoms with Crippen molar-refractivity contribution in [3.05, 3.63) is 101 Å². The topological polar surface area (TPSA) is 56.6 Å². The normalized spacial score (nSPS) is 14.0. The molecule has 1 saturated heterocycles. The zero-order valence-corrected chi connectivity index (χ0v) is 18.8. The van der Waals surface area contributed by atoms with Gasteiger partial charge in [-0.2, -0.15) is 5.26 Å². The summed E-state index contributed by atoms with van der Waals surface area (Å²) in [4.78, 5) is 17.1. The van der Waals surface area contributed by atoms with E-state index in [1.807, 2.05) is 67.6 Å². The summed E-state index contributed by atoms with van der Waals surface area (Å²) in [5.74, 6) is 0.409. The van der Waals surface area contributed by atoms with Crippen LogP contribution < -0.4 is 9.64 Å². The molecule has 3 aromatic carbocycles. The summed E-state index contributed by atoms with van der Waals surface area (Å²) in [6, 6.07) is 27.9. The number of nitrogens with zero attached hydrogens (tertiary/aromatic N) is 3. The van der Waals surface area contributed by atoms with Gasteiger partial charge in [0.1, 0.15) is 24.0 Å². The molecule has 0 unspecified atom stereocenters. The number of piperazine rings is 1. The van der Waals surface area contributed by atoms with E-state index in [9.17, 15) is 10.1 Å². The fourth-order valence-corrected chi connectivity index (χ4v) is 3.97. The SMILES string of the molecule is Cc1cccc(COc2ccccc2/C=C(/C#N)C(=O)N2CCN(c3ccccc3)CC2)c1. The second-order valence-corrected chi connectivity index (χ2v) is 8.10. The smallest absolute Gasteiger partial charge is 0.264 e. The van der Waals surface area contributed by atoms with Gasteiger partial charge in [-0.1, -0.05) is 66.2 Å². The van der Waals surface area contributed by atoms with Gasteiger partial charge in [0.05, 0.1) is 0 Å². The molecule has 0 saturated carbocycles. The van der Waals surface area contributed by atoms with Crippen molar-refractivity contribution in [2.75, 3.05) is 31.1 Å². The summed E-state index contributed by atoms with van der Waals surface area (Å²) in [6.45, 7) is 5.11. The fraction of sp³-hybridized carbons (Fsp3) is 0.214. The van der Waals surface area contributed by atoms with Gasteiger partial charge in [-0.05, 0) is 36.8 Å². The van der Waals surface area contributed by atoms with Gasteiger partial charge in [0.2, 0.25) is 0 Å². The zero-order chi connectivity index (χ0) is 23.0. The minimum atomic E-state index is -0.237. The summed E-state index contributed by atoms with van der Waals surface area (Å²) >= 11 is 0. The monoisotopic (exact) mass is 437 g/mol. The Bertz CT molecular complexity index is 1170. The third kappa shape index (κ3) is 5.61. The van der Waals surface area contributed by atoms with Crippen molar-refractivity contribution in [3.8, 4) is 11.8 Å². The number of hydrogen-bond acceptors (Lipinski definition) is 4. The van der Waals surface area contributed by atoms with Gasteiger partial charge in [0, 0.05) is 37.4 Å². The summed E-state index contributed by atoms with van der Waals surface area (Å²) in [5.41, 5.74) is 4.24. The number of benzene rings is 3. The maximum atomic E-state index is 13.1. The van der Waals surface area contributed by atoms with Gasteiger partial charge < -0.3 is 14.5 Å². The molecule has 1 heterocycles. The molecular weight excluding hydrogens is 410 g/mol. The maximum Gasteiger partial charge on any atom is 0.264 e. The standard InChI is InChI=1S/C28H27N3O2/c1-22-8-7-9-23(18-22)21-33-27-13-6-5-10-24(27)19-25(20-29)28(32)31-16-14-30(15-17-31)26-11-3-2-4-12-26/h2-13,18-19H,14-17,21H2,1H3/b25-19-. The van der Waals surface area contributed by atoms with Crippen LogP contribution in [0.25, 0.3) is 6.08 Å². The van der Waals surface area contributed by atoms with Crippen LogP contribution in [-0.4, -0.2) is 37.0 Å². The molecule has 0 aliphatic carbocycles. The van der Waals surface area contributed by atoms with Crippen LogP contribution in [-0.2, 0) is 11.4 Å². The first-order valence-corrected chi connectivity index (χ1v) is 11.1. The molecule has 1 fully saturated rings. The van der Waals surface area contributed by atoms with Crippen LogP contribution in [0.2, 0.25) is 0 Å². The molecule has 0 bridgehead atoms. The molecular formula is C28H27N3O2. The quantitative estimate of drug-likeness (QED) is 0.409. The molecule has 1 amide bonds. The van der Waals surface area contributed by atoms with Crippen molar-refractivity contribution >= 4 is 17.7 Å². The number of ether oxygens (including phenoxy) is 1. The number of hydrogen-bond donors (Lipinski definition) is 0. The summed E-state index contributed by atoms with van der Waals surface area (Å²) < 4.78 is 6.03. The molecule has 1 aliphatic rings. The molecule has 5 heteroatoms. The number of para-hydroxylation sites is 2. The Morgan fingerprint density at radius 2 is 1.70 bits per heavy atom. The first-order chi connectivity index (χ1) is 16.1. The average Bonchev–Trinajstić information content (AvgIpc) is 2.87. The number of aryl methyl sites for hydroxylation is 1. The molecule has 5 nitrogen and oxygen atoms in total. The van der Waals surface area contributed by atoms with Crippen LogP contribution in [0.5, 0.6) is 5.75 Å². The van der Waals surface area contributed by atoms with Gasteiger partial charge in [0.15, 0.2) is 0 Å². The largest absolute Gasteiger partial charge is 0.488 e. The number of carbonyl (C=O) groups excluding carboxylic acids is 1. The predicted octanol–water partition coefficient (Wildman–Crippen LogP) is 4.83. The van der Waals surface area contributed by atoms with Gasteiger partial charge in [-0.15, -0.1) is 0 Å². The lowest BCUT2D eigenvalue weighted by atomic mass is 10.1. The minimum Gasteiger partial charge on any atom is -0.488 e. The van der Waals surface area contributed by atoms with E-state index in [1.54, 1.807) is 11.0 Å². The number of anilines is 1. The summed E-state index contributed by atoms with van der Waals surface area (Å²) in [5, 5.41) is 9.73. The minimum absolute atomic E-state index is 0.120. The highest BCUT2D eigenvalue weighted by Crippen LogP contribution is 2.23. The Labute approximate surface area is 195 Å². The second-order valence-electron chi connectivity index (χ2n) is 8.10. The number of rotatable bonds is 6. The van der Waals surface area contributed by atoms with Crippen molar-refractivity contribution < 1.29 is 9.53 Å². The lowest BCUT2D eigenvalue weighted by molar-refractivity contribution is -0.126. The molecule has 0 aromatic heterocycles. The lowest BCUT2D eigenvalue weighted by Crippen LogP contribution is -2.49. The van der Waals surface area contributed by atoms with Gasteiger partial charge >= 0.3 is 0 Å². The summed E-state index contributed by atoms with van der Waals surface area (Å²) in [7, 11) is 0. The molecule has 3 aromatic rings. The van der Waals surface area contributed by atoms with Crippen molar-refractivity contribution in [1.82, 2.24) is 4.90 Å². The highest BCUT2D eigenvalue weighted by atomic mass is 16.5. The highest BCUT2D eigenvalue weighted by Gasteiger charge is 2.24. The van der Waals surface area contributed by atoms with Crippen molar-refractivity contribution in [2.45, 2.75) is 13.5 Å². The maximum absolute atomic E-state index is 13.1. The molecule has 4 rings (SSSR count). The third-order valence-corrected chi connectivity index (χ3v) is 5.73. The van der Waals surface area contributed by atoms with Crippen molar-refractivity contribution in [2.24, 2.45) is 0 Å². The summed E-state index contributed by atoms with van der Waals surface area (Å²) in [6.07, 6.45) is 1.64. The first kappa shape index (κ1) is 22.2. The van der Waals surface area contributed by atoms with E-state index in [2.05, 4.69) is 29.2 Å². The number of nitriles is 1. The Morgan fingerprint density at radius 3 is 2.42 bits per heavy atom. The Kier molecular flexibility index (Phi) is 7.06. The third-order valence-electron chi connectivity index (χ3n) is 5.73. The Hall–Kier alpha value is -4.04. The van der Waals surface area contributed by atoms with E-state index in [0.29, 0.717) is 25.4 Å². The van der Waals surface area contributed by atoms with E-state index in [1.165, 1.54) is 5.56 Å². The van der Waals surface area contributed by atoms with Crippen LogP contribution in [0.15, 0.2) is 84.4 Å². The Balaban J connectivity index is 1.44. The number of carbonyl (C=O) groups is 1. The molecule has 1 aliphatic heterocycles. The zero-order valence-electron chi connectivity index (χ0n) is 18.8. The van der Waals surface area contributed by atoms with Crippen LogP contribution in [0.1, 0.15) is 16.7 Å². The van der Waals surface area contributed by atoms with E-state index in [4.69, 9.17) is 4.74 Å². The molecule has 33 heavy (non-hydrogen) atoms. The van der Waals surface area contributed by atoms with Crippen LogP contribution >= 0.6 is 0 Å². The van der Waals surface area contributed by atoms with Crippen molar-refractivity contribution in [3.63, 3.8) is 0 Å². The van der Waals surface area contributed by atoms with E-state index >= 15 is 0 Å². The van der Waals surface area contributed by atoms with E-state index in [-0.39, 0.29) is 11.5 Å². The Morgan fingerprint density at radius 1 is 0.970 bits per heavy atom. The second kappa shape index (κ2) is 10.5. The van der Waals surface area contributed by atoms with Gasteiger partial charge in [-0.25, -0.2) is 0 Å². The van der Waals surface area contributed by atoms with Gasteiger partial charge in [-0.3, -0.25) is 4.79 Å².